The van der Waals surface area contributed by atoms with Gasteiger partial charge in [-0.25, -0.2) is 14.8 Å². The predicted octanol–water partition coefficient (Wildman–Crippen LogP) is 2.21. The second-order valence-electron chi connectivity index (χ2n) is 7.33. The molecule has 7 nitrogen and oxygen atoms in total. The number of amides is 2. The van der Waals surface area contributed by atoms with E-state index in [1.807, 2.05) is 16.7 Å². The Balaban J connectivity index is 1.48. The van der Waals surface area contributed by atoms with Crippen LogP contribution in [0.3, 0.4) is 0 Å². The Kier molecular flexibility index (Phi) is 5.11. The summed E-state index contributed by atoms with van der Waals surface area (Å²) < 4.78 is 5.35. The van der Waals surface area contributed by atoms with Crippen molar-refractivity contribution >= 4 is 22.9 Å². The van der Waals surface area contributed by atoms with Crippen LogP contribution in [-0.2, 0) is 4.74 Å². The van der Waals surface area contributed by atoms with Gasteiger partial charge in [-0.15, -0.1) is 0 Å². The second-order valence-corrected chi connectivity index (χ2v) is 7.33. The normalized spacial score (nSPS) is 18.7. The number of rotatable bonds is 1. The summed E-state index contributed by atoms with van der Waals surface area (Å²) in [5.41, 5.74) is 2.99. The number of ether oxygens (including phenoxy) is 1. The number of anilines is 1. The van der Waals surface area contributed by atoms with Crippen molar-refractivity contribution in [3.05, 3.63) is 29.5 Å². The van der Waals surface area contributed by atoms with Crippen molar-refractivity contribution in [2.45, 2.75) is 20.3 Å². The number of fused-ring (bicyclic) bond motifs is 1. The van der Waals surface area contributed by atoms with Gasteiger partial charge in [0.25, 0.3) is 0 Å². The van der Waals surface area contributed by atoms with E-state index >= 15 is 0 Å². The molecule has 2 aromatic rings. The zero-order valence-electron chi connectivity index (χ0n) is 16.1. The van der Waals surface area contributed by atoms with E-state index in [0.717, 1.165) is 55.1 Å². The summed E-state index contributed by atoms with van der Waals surface area (Å²) in [6.07, 6.45) is 0.941. The fraction of sp³-hybridized carbons (Fsp3) is 0.550. The van der Waals surface area contributed by atoms with Crippen LogP contribution in [0.15, 0.2) is 18.2 Å². The average Bonchev–Trinajstić information content (AvgIpc) is 2.94. The maximum absolute atomic E-state index is 12.8. The van der Waals surface area contributed by atoms with Gasteiger partial charge in [0.15, 0.2) is 5.65 Å². The van der Waals surface area contributed by atoms with Crippen molar-refractivity contribution in [3.63, 3.8) is 0 Å². The van der Waals surface area contributed by atoms with Crippen molar-refractivity contribution < 1.29 is 9.53 Å². The zero-order valence-corrected chi connectivity index (χ0v) is 16.1. The van der Waals surface area contributed by atoms with E-state index in [1.165, 1.54) is 5.56 Å². The summed E-state index contributed by atoms with van der Waals surface area (Å²) in [5, 5.41) is 1.10. The third kappa shape index (κ3) is 3.83. The van der Waals surface area contributed by atoms with Gasteiger partial charge in [0.2, 0.25) is 0 Å². The molecule has 0 saturated carbocycles. The summed E-state index contributed by atoms with van der Waals surface area (Å²) >= 11 is 0. The Labute approximate surface area is 159 Å². The van der Waals surface area contributed by atoms with E-state index in [1.54, 1.807) is 0 Å². The number of urea groups is 1. The number of morpholine rings is 1. The van der Waals surface area contributed by atoms with Gasteiger partial charge < -0.3 is 19.4 Å². The fourth-order valence-corrected chi connectivity index (χ4v) is 3.89. The van der Waals surface area contributed by atoms with Gasteiger partial charge in [-0.1, -0.05) is 0 Å². The highest BCUT2D eigenvalue weighted by Gasteiger charge is 2.25. The minimum absolute atomic E-state index is 0.138. The molecular weight excluding hydrogens is 342 g/mol. The van der Waals surface area contributed by atoms with Crippen LogP contribution in [-0.4, -0.2) is 78.3 Å². The van der Waals surface area contributed by atoms with Crippen molar-refractivity contribution in [3.8, 4) is 0 Å². The second kappa shape index (κ2) is 7.68. The molecule has 2 saturated heterocycles. The van der Waals surface area contributed by atoms with Gasteiger partial charge >= 0.3 is 6.03 Å². The van der Waals surface area contributed by atoms with E-state index in [-0.39, 0.29) is 6.03 Å². The molecule has 0 aromatic carbocycles. The smallest absolute Gasteiger partial charge is 0.320 e. The first-order valence-corrected chi connectivity index (χ1v) is 9.73. The number of carbonyl (C=O) groups is 1. The maximum Gasteiger partial charge on any atom is 0.320 e. The van der Waals surface area contributed by atoms with Crippen LogP contribution in [0.2, 0.25) is 0 Å². The number of nitrogens with zero attached hydrogens (tertiary/aromatic N) is 5. The Morgan fingerprint density at radius 3 is 2.56 bits per heavy atom. The van der Waals surface area contributed by atoms with Crippen molar-refractivity contribution in [2.24, 2.45) is 0 Å². The average molecular weight is 369 g/mol. The number of aryl methyl sites for hydroxylation is 2. The van der Waals surface area contributed by atoms with E-state index < -0.39 is 0 Å². The molecule has 2 aliphatic heterocycles. The Hall–Kier alpha value is -2.41. The maximum atomic E-state index is 12.8. The first-order valence-electron chi connectivity index (χ1n) is 9.73. The standard InChI is InChI=1S/C20H27N5O2/c1-15-14-16(2)21-19-17(15)4-5-18(22-19)23-6-3-7-24(9-8-23)20(26)25-10-12-27-13-11-25/h4-5,14H,3,6-13H2,1-2H3. The lowest BCUT2D eigenvalue weighted by molar-refractivity contribution is 0.0438. The third-order valence-electron chi connectivity index (χ3n) is 5.36. The largest absolute Gasteiger partial charge is 0.378 e. The molecule has 2 fully saturated rings. The van der Waals surface area contributed by atoms with Gasteiger partial charge in [-0.05, 0) is 44.0 Å². The highest BCUT2D eigenvalue weighted by Crippen LogP contribution is 2.21. The lowest BCUT2D eigenvalue weighted by atomic mass is 10.1. The van der Waals surface area contributed by atoms with E-state index in [2.05, 4.69) is 35.0 Å². The first kappa shape index (κ1) is 18.0. The monoisotopic (exact) mass is 369 g/mol. The minimum atomic E-state index is 0.138. The third-order valence-corrected chi connectivity index (χ3v) is 5.36. The van der Waals surface area contributed by atoms with Crippen LogP contribution in [0.25, 0.3) is 11.0 Å². The van der Waals surface area contributed by atoms with Crippen LogP contribution < -0.4 is 4.90 Å². The van der Waals surface area contributed by atoms with E-state index in [0.29, 0.717) is 26.3 Å². The number of carbonyl (C=O) groups excluding carboxylic acids is 1. The molecule has 27 heavy (non-hydrogen) atoms. The van der Waals surface area contributed by atoms with Gasteiger partial charge in [0, 0.05) is 50.3 Å². The molecule has 7 heteroatoms. The summed E-state index contributed by atoms with van der Waals surface area (Å²) in [5.74, 6) is 0.945. The SMILES string of the molecule is Cc1cc(C)c2ccc(N3CCCN(C(=O)N4CCOCC4)CC3)nc2n1. The molecule has 0 bridgehead atoms. The minimum Gasteiger partial charge on any atom is -0.378 e. The molecule has 2 aromatic heterocycles. The zero-order chi connectivity index (χ0) is 18.8. The Bertz CT molecular complexity index is 834. The number of pyridine rings is 2. The van der Waals surface area contributed by atoms with Gasteiger partial charge in [-0.2, -0.15) is 0 Å². The fourth-order valence-electron chi connectivity index (χ4n) is 3.89. The van der Waals surface area contributed by atoms with Gasteiger partial charge in [-0.3, -0.25) is 0 Å². The van der Waals surface area contributed by atoms with Gasteiger partial charge in [0.1, 0.15) is 5.82 Å². The molecular formula is C20H27N5O2. The van der Waals surface area contributed by atoms with Crippen LogP contribution in [0, 0.1) is 13.8 Å². The predicted molar refractivity (Wildman–Crippen MR) is 105 cm³/mol. The number of hydrogen-bond donors (Lipinski definition) is 0. The van der Waals surface area contributed by atoms with E-state index in [4.69, 9.17) is 9.72 Å². The van der Waals surface area contributed by atoms with Crippen molar-refractivity contribution in [1.82, 2.24) is 19.8 Å². The van der Waals surface area contributed by atoms with Crippen LogP contribution in [0.4, 0.5) is 10.6 Å². The molecule has 0 radical (unpaired) electrons. The molecule has 0 aliphatic carbocycles. The quantitative estimate of drug-likeness (QED) is 0.771. The first-order chi connectivity index (χ1) is 13.1. The molecule has 2 amide bonds. The molecule has 0 atom stereocenters. The Morgan fingerprint density at radius 1 is 0.963 bits per heavy atom. The molecule has 2 aliphatic rings. The highest BCUT2D eigenvalue weighted by molar-refractivity contribution is 5.80. The summed E-state index contributed by atoms with van der Waals surface area (Å²) in [4.78, 5) is 28.3. The number of hydrogen-bond acceptors (Lipinski definition) is 5. The van der Waals surface area contributed by atoms with Crippen LogP contribution in [0.5, 0.6) is 0 Å². The molecule has 0 unspecified atom stereocenters. The molecule has 4 rings (SSSR count). The van der Waals surface area contributed by atoms with Gasteiger partial charge in [0.05, 0.1) is 13.2 Å². The van der Waals surface area contributed by atoms with Crippen molar-refractivity contribution in [1.29, 1.82) is 0 Å². The highest BCUT2D eigenvalue weighted by atomic mass is 16.5. The molecule has 0 spiro atoms. The molecule has 144 valence electrons. The van der Waals surface area contributed by atoms with Crippen LogP contribution in [0.1, 0.15) is 17.7 Å². The summed E-state index contributed by atoms with van der Waals surface area (Å²) in [7, 11) is 0. The number of aromatic nitrogens is 2. The Morgan fingerprint density at radius 2 is 1.74 bits per heavy atom. The molecule has 0 N–H and O–H groups in total. The topological polar surface area (TPSA) is 61.8 Å². The van der Waals surface area contributed by atoms with E-state index in [9.17, 15) is 4.79 Å². The summed E-state index contributed by atoms with van der Waals surface area (Å²) in [6, 6.07) is 6.41. The molecule has 4 heterocycles. The van der Waals surface area contributed by atoms with Crippen molar-refractivity contribution in [2.75, 3.05) is 57.4 Å². The lowest BCUT2D eigenvalue weighted by Crippen LogP contribution is -2.49. The lowest BCUT2D eigenvalue weighted by Gasteiger charge is -2.32. The van der Waals surface area contributed by atoms with Crippen LogP contribution >= 0.6 is 0 Å². The summed E-state index contributed by atoms with van der Waals surface area (Å²) in [6.45, 7) is 9.95.